The van der Waals surface area contributed by atoms with Crippen LogP contribution in [0, 0.1) is 5.92 Å². The van der Waals surface area contributed by atoms with Crippen molar-refractivity contribution in [2.24, 2.45) is 5.92 Å². The van der Waals surface area contributed by atoms with E-state index in [2.05, 4.69) is 26.2 Å². The first-order valence-corrected chi connectivity index (χ1v) is 10.0. The number of amides is 2. The van der Waals surface area contributed by atoms with Gasteiger partial charge in [-0.05, 0) is 52.7 Å². The van der Waals surface area contributed by atoms with Gasteiger partial charge in [0, 0.05) is 22.6 Å². The maximum atomic E-state index is 12.8. The van der Waals surface area contributed by atoms with Crippen LogP contribution in [0.5, 0.6) is 0 Å². The summed E-state index contributed by atoms with van der Waals surface area (Å²) >= 11 is 3.47. The first-order valence-electron chi connectivity index (χ1n) is 9.21. The Kier molecular flexibility index (Phi) is 4.93. The van der Waals surface area contributed by atoms with Crippen LogP contribution in [-0.4, -0.2) is 23.3 Å². The molecule has 1 unspecified atom stereocenters. The third-order valence-electron chi connectivity index (χ3n) is 4.83. The fourth-order valence-electron chi connectivity index (χ4n) is 3.33. The number of hydrogen-bond acceptors (Lipinski definition) is 4. The molecule has 2 amide bonds. The van der Waals surface area contributed by atoms with Gasteiger partial charge in [0.2, 0.25) is 11.8 Å². The van der Waals surface area contributed by atoms with Crippen molar-refractivity contribution < 1.29 is 14.0 Å². The summed E-state index contributed by atoms with van der Waals surface area (Å²) in [5.74, 6) is -0.342. The smallest absolute Gasteiger partial charge is 0.239 e. The quantitative estimate of drug-likeness (QED) is 0.595. The number of nitrogens with zero attached hydrogens (tertiary/aromatic N) is 2. The highest BCUT2D eigenvalue weighted by Crippen LogP contribution is 2.32. The van der Waals surface area contributed by atoms with E-state index in [1.54, 1.807) is 23.1 Å². The van der Waals surface area contributed by atoms with Crippen molar-refractivity contribution in [3.8, 4) is 0 Å². The maximum Gasteiger partial charge on any atom is 0.239 e. The van der Waals surface area contributed by atoms with Gasteiger partial charge in [0.15, 0.2) is 11.5 Å². The molecule has 1 aliphatic heterocycles. The number of halogens is 1. The van der Waals surface area contributed by atoms with Gasteiger partial charge in [0.1, 0.15) is 11.4 Å². The number of aromatic nitrogens is 1. The number of para-hydroxylation sites is 1. The van der Waals surface area contributed by atoms with Crippen LogP contribution in [-0.2, 0) is 9.59 Å². The zero-order valence-electron chi connectivity index (χ0n) is 15.6. The molecule has 2 heterocycles. The van der Waals surface area contributed by atoms with Crippen molar-refractivity contribution in [3.63, 3.8) is 0 Å². The highest BCUT2D eigenvalue weighted by molar-refractivity contribution is 9.10. The Hall–Kier alpha value is -2.67. The number of anilines is 2. The minimum atomic E-state index is -0.702. The van der Waals surface area contributed by atoms with E-state index in [-0.39, 0.29) is 17.7 Å². The Morgan fingerprint density at radius 3 is 2.82 bits per heavy atom. The first-order chi connectivity index (χ1) is 13.4. The Bertz CT molecular complexity index is 1060. The van der Waals surface area contributed by atoms with E-state index < -0.39 is 5.92 Å². The second-order valence-corrected chi connectivity index (χ2v) is 8.02. The molecule has 1 saturated heterocycles. The normalized spacial score (nSPS) is 16.9. The number of carbonyl (C=O) groups excluding carboxylic acids is 2. The molecular formula is C21H20BrN3O3. The molecule has 0 spiro atoms. The highest BCUT2D eigenvalue weighted by atomic mass is 79.9. The zero-order chi connectivity index (χ0) is 19.8. The molecule has 28 heavy (non-hydrogen) atoms. The van der Waals surface area contributed by atoms with E-state index in [4.69, 9.17) is 4.42 Å². The molecule has 6 nitrogen and oxygen atoms in total. The van der Waals surface area contributed by atoms with Gasteiger partial charge in [-0.15, -0.1) is 0 Å². The molecule has 1 aromatic heterocycles. The van der Waals surface area contributed by atoms with Crippen molar-refractivity contribution in [2.75, 3.05) is 16.8 Å². The fraction of sp³-hybridized carbons (Fsp3) is 0.286. The molecule has 7 heteroatoms. The van der Waals surface area contributed by atoms with Crippen LogP contribution in [0.15, 0.2) is 51.4 Å². The second-order valence-electron chi connectivity index (χ2n) is 7.16. The molecule has 2 aromatic carbocycles. The molecule has 1 N–H and O–H groups in total. The van der Waals surface area contributed by atoms with Crippen LogP contribution >= 0.6 is 15.9 Å². The van der Waals surface area contributed by atoms with Gasteiger partial charge in [-0.3, -0.25) is 9.59 Å². The number of carbonyl (C=O) groups is 2. The summed E-state index contributed by atoms with van der Waals surface area (Å²) in [6.45, 7) is 4.53. The summed E-state index contributed by atoms with van der Waals surface area (Å²) in [6.07, 6.45) is 0.482. The standard InChI is InChI=1S/C21H20BrN3O3/c1-12(2)20-24-16-11-13(7-8-18(16)28-20)23-19(26)14-9-10-25(21(14)27)17-6-4-3-5-15(17)22/h3-8,11-12,14H,9-10H2,1-2H3,(H,23,26). The van der Waals surface area contributed by atoms with Crippen LogP contribution in [0.2, 0.25) is 0 Å². The van der Waals surface area contributed by atoms with Crippen LogP contribution in [0.25, 0.3) is 11.1 Å². The average molecular weight is 442 g/mol. The molecular weight excluding hydrogens is 422 g/mol. The number of fused-ring (bicyclic) bond motifs is 1. The van der Waals surface area contributed by atoms with Gasteiger partial charge in [0.25, 0.3) is 0 Å². The molecule has 4 rings (SSSR count). The first kappa shape index (κ1) is 18.7. The van der Waals surface area contributed by atoms with Crippen molar-refractivity contribution in [1.82, 2.24) is 4.98 Å². The number of nitrogens with one attached hydrogen (secondary N) is 1. The van der Waals surface area contributed by atoms with E-state index in [9.17, 15) is 9.59 Å². The van der Waals surface area contributed by atoms with Crippen molar-refractivity contribution in [1.29, 1.82) is 0 Å². The van der Waals surface area contributed by atoms with Gasteiger partial charge in [-0.2, -0.15) is 0 Å². The van der Waals surface area contributed by atoms with Gasteiger partial charge in [-0.25, -0.2) is 4.98 Å². The van der Waals surface area contributed by atoms with Crippen LogP contribution in [0.1, 0.15) is 32.1 Å². The summed E-state index contributed by atoms with van der Waals surface area (Å²) < 4.78 is 6.53. The summed E-state index contributed by atoms with van der Waals surface area (Å²) in [5.41, 5.74) is 2.76. The fourth-order valence-corrected chi connectivity index (χ4v) is 3.83. The lowest BCUT2D eigenvalue weighted by molar-refractivity contribution is -0.129. The molecule has 0 radical (unpaired) electrons. The lowest BCUT2D eigenvalue weighted by Crippen LogP contribution is -2.33. The SMILES string of the molecule is CC(C)c1nc2cc(NC(=O)C3CCN(c4ccccc4Br)C3=O)ccc2o1. The van der Waals surface area contributed by atoms with Crippen molar-refractivity contribution in [2.45, 2.75) is 26.2 Å². The predicted octanol–water partition coefficient (Wildman–Crippen LogP) is 4.71. The molecule has 0 bridgehead atoms. The Morgan fingerprint density at radius 1 is 1.29 bits per heavy atom. The second kappa shape index (κ2) is 7.39. The minimum Gasteiger partial charge on any atom is -0.440 e. The Balaban J connectivity index is 1.50. The van der Waals surface area contributed by atoms with Gasteiger partial charge >= 0.3 is 0 Å². The summed E-state index contributed by atoms with van der Waals surface area (Å²) in [5, 5.41) is 2.85. The van der Waals surface area contributed by atoms with E-state index in [1.165, 1.54) is 0 Å². The largest absolute Gasteiger partial charge is 0.440 e. The lowest BCUT2D eigenvalue weighted by atomic mass is 10.1. The van der Waals surface area contributed by atoms with Crippen LogP contribution < -0.4 is 10.2 Å². The van der Waals surface area contributed by atoms with E-state index in [0.717, 1.165) is 10.2 Å². The third-order valence-corrected chi connectivity index (χ3v) is 5.50. The van der Waals surface area contributed by atoms with Crippen LogP contribution in [0.4, 0.5) is 11.4 Å². The molecule has 0 saturated carbocycles. The molecule has 1 atom stereocenters. The van der Waals surface area contributed by atoms with Crippen molar-refractivity contribution in [3.05, 3.63) is 52.8 Å². The summed E-state index contributed by atoms with van der Waals surface area (Å²) in [6, 6.07) is 12.8. The molecule has 1 aliphatic rings. The third kappa shape index (κ3) is 3.42. The Labute approximate surface area is 171 Å². The van der Waals surface area contributed by atoms with Gasteiger partial charge in [0.05, 0.1) is 5.69 Å². The minimum absolute atomic E-state index is 0.185. The number of oxazole rings is 1. The van der Waals surface area contributed by atoms with Gasteiger partial charge in [-0.1, -0.05) is 26.0 Å². The van der Waals surface area contributed by atoms with Crippen molar-refractivity contribution >= 4 is 50.2 Å². The summed E-state index contributed by atoms with van der Waals surface area (Å²) in [4.78, 5) is 31.6. The lowest BCUT2D eigenvalue weighted by Gasteiger charge is -2.18. The molecule has 3 aromatic rings. The van der Waals surface area contributed by atoms with Gasteiger partial charge < -0.3 is 14.6 Å². The topological polar surface area (TPSA) is 75.4 Å². The molecule has 0 aliphatic carbocycles. The highest BCUT2D eigenvalue weighted by Gasteiger charge is 2.38. The Morgan fingerprint density at radius 2 is 2.07 bits per heavy atom. The summed E-state index contributed by atoms with van der Waals surface area (Å²) in [7, 11) is 0. The number of benzene rings is 2. The van der Waals surface area contributed by atoms with E-state index >= 15 is 0 Å². The van der Waals surface area contributed by atoms with E-state index in [1.807, 2.05) is 38.1 Å². The number of rotatable bonds is 4. The number of hydrogen-bond donors (Lipinski definition) is 1. The zero-order valence-corrected chi connectivity index (χ0v) is 17.2. The predicted molar refractivity (Wildman–Crippen MR) is 111 cm³/mol. The monoisotopic (exact) mass is 441 g/mol. The molecule has 1 fully saturated rings. The van der Waals surface area contributed by atoms with Crippen LogP contribution in [0.3, 0.4) is 0 Å². The van der Waals surface area contributed by atoms with E-state index in [0.29, 0.717) is 35.6 Å². The maximum absolute atomic E-state index is 12.8. The molecule has 144 valence electrons. The average Bonchev–Trinajstić information content (AvgIpc) is 3.25.